The number of benzene rings is 1. The van der Waals surface area contributed by atoms with Crippen LogP contribution < -0.4 is 16.0 Å². The number of amides is 3. The Labute approximate surface area is 338 Å². The number of fused-ring (bicyclic) bond motifs is 7. The van der Waals surface area contributed by atoms with Crippen LogP contribution in [0.15, 0.2) is 48.1 Å². The van der Waals surface area contributed by atoms with Crippen LogP contribution in [-0.4, -0.2) is 112 Å². The van der Waals surface area contributed by atoms with Gasteiger partial charge >= 0.3 is 5.97 Å². The predicted molar refractivity (Wildman–Crippen MR) is 204 cm³/mol. The first-order chi connectivity index (χ1) is 27.1. The molecule has 7 rings (SSSR count). The van der Waals surface area contributed by atoms with E-state index in [2.05, 4.69) is 38.8 Å². The van der Waals surface area contributed by atoms with Crippen molar-refractivity contribution in [2.45, 2.75) is 94.5 Å². The number of carboxylic acid groups (broad SMARTS) is 1. The lowest BCUT2D eigenvalue weighted by molar-refractivity contribution is -0.201. The fourth-order valence-electron chi connectivity index (χ4n) is 10.9. The second kappa shape index (κ2) is 15.8. The molecule has 0 aromatic heterocycles. The van der Waals surface area contributed by atoms with E-state index >= 15 is 0 Å². The molecule has 2 aliphatic heterocycles. The molecule has 0 radical (unpaired) electrons. The monoisotopic (exact) mass is 855 g/mol. The topological polar surface area (TPSA) is 227 Å². The molecule has 0 spiro atoms. The number of hydrogen-bond acceptors (Lipinski definition) is 11. The third-order valence-electron chi connectivity index (χ3n) is 13.6. The highest BCUT2D eigenvalue weighted by Gasteiger charge is 2.76. The van der Waals surface area contributed by atoms with Crippen LogP contribution in [-0.2, 0) is 49.4 Å². The Balaban J connectivity index is 1.05. The Hall–Kier alpha value is -3.80. The number of aliphatic carboxylic acids is 1. The molecule has 0 unspecified atom stereocenters. The molecule has 15 nitrogen and oxygen atoms in total. The number of aliphatic hydroxyl groups is 2. The van der Waals surface area contributed by atoms with E-state index < -0.39 is 82.6 Å². The maximum absolute atomic E-state index is 13.9. The molecule has 0 bridgehead atoms. The molecule has 2 saturated heterocycles. The summed E-state index contributed by atoms with van der Waals surface area (Å²) in [5, 5.41) is 39.4. The lowest BCUT2D eigenvalue weighted by Gasteiger charge is -2.59. The summed E-state index contributed by atoms with van der Waals surface area (Å²) in [4.78, 5) is 75.0. The van der Waals surface area contributed by atoms with Gasteiger partial charge in [0.05, 0.1) is 42.8 Å². The number of carbonyl (C=O) groups excluding carboxylic acids is 5. The van der Waals surface area contributed by atoms with Gasteiger partial charge in [0.25, 0.3) is 0 Å². The molecular weight excluding hydrogens is 806 g/mol. The highest BCUT2D eigenvalue weighted by atomic mass is 79.9. The van der Waals surface area contributed by atoms with Gasteiger partial charge in [-0.05, 0) is 61.7 Å². The minimum atomic E-state index is -1.49. The van der Waals surface area contributed by atoms with Crippen molar-refractivity contribution in [1.29, 1.82) is 0 Å². The van der Waals surface area contributed by atoms with Gasteiger partial charge in [-0.2, -0.15) is 0 Å². The largest absolute Gasteiger partial charge is 0.481 e. The Bertz CT molecular complexity index is 1880. The number of alkyl halides is 1. The number of carboxylic acids is 1. The van der Waals surface area contributed by atoms with Crippen molar-refractivity contribution in [3.05, 3.63) is 59.2 Å². The molecule has 2 heterocycles. The minimum absolute atomic E-state index is 0.00728. The van der Waals surface area contributed by atoms with Crippen molar-refractivity contribution in [1.82, 2.24) is 16.0 Å². The quantitative estimate of drug-likeness (QED) is 0.147. The average Bonchev–Trinajstić information content (AvgIpc) is 3.67. The Morgan fingerprint density at radius 3 is 2.46 bits per heavy atom. The van der Waals surface area contributed by atoms with Crippen molar-refractivity contribution in [2.24, 2.45) is 28.6 Å². The summed E-state index contributed by atoms with van der Waals surface area (Å²) in [7, 11) is 0. The molecule has 3 saturated carbocycles. The maximum Gasteiger partial charge on any atom is 0.303 e. The van der Waals surface area contributed by atoms with Crippen molar-refractivity contribution >= 4 is 51.2 Å². The molecule has 3 amide bonds. The zero-order chi connectivity index (χ0) is 40.9. The van der Waals surface area contributed by atoms with Crippen LogP contribution in [0.4, 0.5) is 0 Å². The van der Waals surface area contributed by atoms with Gasteiger partial charge in [0.1, 0.15) is 12.6 Å². The van der Waals surface area contributed by atoms with E-state index in [9.17, 15) is 44.1 Å². The number of halogens is 1. The van der Waals surface area contributed by atoms with Gasteiger partial charge in [-0.3, -0.25) is 28.8 Å². The molecule has 1 aromatic rings. The maximum atomic E-state index is 13.9. The molecule has 4 aliphatic carbocycles. The fourth-order valence-corrected chi connectivity index (χ4v) is 11.1. The Morgan fingerprint density at radius 1 is 1.07 bits per heavy atom. The summed E-state index contributed by atoms with van der Waals surface area (Å²) in [6, 6.07) is 6.19. The summed E-state index contributed by atoms with van der Waals surface area (Å²) in [5.74, 6) is -3.44. The smallest absolute Gasteiger partial charge is 0.303 e. The molecule has 57 heavy (non-hydrogen) atoms. The van der Waals surface area contributed by atoms with Gasteiger partial charge in [-0.15, -0.1) is 0 Å². The van der Waals surface area contributed by atoms with Gasteiger partial charge in [0, 0.05) is 35.2 Å². The van der Waals surface area contributed by atoms with Gasteiger partial charge in [0.15, 0.2) is 23.5 Å². The molecule has 10 atom stereocenters. The first kappa shape index (κ1) is 41.4. The van der Waals surface area contributed by atoms with Crippen molar-refractivity contribution < 1.29 is 58.3 Å². The first-order valence-corrected chi connectivity index (χ1v) is 20.6. The lowest BCUT2D eigenvalue weighted by atomic mass is 9.46. The fraction of sp³-hybridized carbons (Fsp3) is 0.610. The first-order valence-electron chi connectivity index (χ1n) is 19.5. The normalized spacial score (nSPS) is 35.0. The van der Waals surface area contributed by atoms with Crippen molar-refractivity contribution in [2.75, 3.05) is 31.7 Å². The molecule has 308 valence electrons. The molecule has 6 N–H and O–H groups in total. The summed E-state index contributed by atoms with van der Waals surface area (Å²) < 4.78 is 18.8. The standard InChI is InChI=1S/C41H50BrN3O12/c1-38-12-11-25(47)13-24(38)7-8-26-27-14-31-41(30(49)19-46,39(27,2)16-29(48)35(26)38)57-37(56-31)23-5-3-22(4-6-23)15-40(20-55-21-40)45-36(54)28(9-10-34(52)53)44-33(51)18-43-32(50)17-42/h3-6,11-13,26-29,31,35,37,46,48H,7-10,14-21H2,1-2H3,(H,43,50)(H,44,51)(H,45,54)(H,52,53)/t26-,27-,28-,29-,31+,35+,37+,38-,39-,41+/m0/s1. The Kier molecular flexibility index (Phi) is 11.4. The van der Waals surface area contributed by atoms with Gasteiger partial charge in [0.2, 0.25) is 17.7 Å². The lowest BCUT2D eigenvalue weighted by Crippen LogP contribution is -2.66. The van der Waals surface area contributed by atoms with Crippen LogP contribution in [0.5, 0.6) is 0 Å². The van der Waals surface area contributed by atoms with Crippen molar-refractivity contribution in [3.8, 4) is 0 Å². The van der Waals surface area contributed by atoms with E-state index in [-0.39, 0.29) is 67.9 Å². The van der Waals surface area contributed by atoms with E-state index in [1.165, 1.54) is 0 Å². The number of aliphatic hydroxyl groups excluding tert-OH is 2. The van der Waals surface area contributed by atoms with Gasteiger partial charge < -0.3 is 45.5 Å². The van der Waals surface area contributed by atoms with Crippen LogP contribution in [0.25, 0.3) is 0 Å². The number of carbonyl (C=O) groups is 6. The van der Waals surface area contributed by atoms with E-state index in [1.807, 2.05) is 37.3 Å². The summed E-state index contributed by atoms with van der Waals surface area (Å²) >= 11 is 2.99. The van der Waals surface area contributed by atoms with Crippen LogP contribution in [0.3, 0.4) is 0 Å². The number of Topliss-reactive ketones (excluding diaryl/α,β-unsaturated/α-hetero) is 1. The van der Waals surface area contributed by atoms with E-state index in [0.717, 1.165) is 17.6 Å². The number of ether oxygens (including phenoxy) is 3. The summed E-state index contributed by atoms with van der Waals surface area (Å²) in [5.41, 5.74) is -1.12. The predicted octanol–water partition coefficient (Wildman–Crippen LogP) is 1.58. The van der Waals surface area contributed by atoms with Crippen molar-refractivity contribution in [3.63, 3.8) is 0 Å². The second-order valence-electron chi connectivity index (χ2n) is 17.0. The number of allylic oxidation sites excluding steroid dienone is 4. The van der Waals surface area contributed by atoms with Crippen LogP contribution >= 0.6 is 15.9 Å². The molecule has 6 aliphatic rings. The summed E-state index contributed by atoms with van der Waals surface area (Å²) in [6.45, 7) is 3.33. The molecular formula is C41H50BrN3O12. The van der Waals surface area contributed by atoms with Crippen LogP contribution in [0.2, 0.25) is 0 Å². The Morgan fingerprint density at radius 2 is 1.81 bits per heavy atom. The summed E-state index contributed by atoms with van der Waals surface area (Å²) in [6.07, 6.45) is 4.95. The minimum Gasteiger partial charge on any atom is -0.481 e. The number of hydrogen-bond donors (Lipinski definition) is 6. The third kappa shape index (κ3) is 7.30. The highest BCUT2D eigenvalue weighted by Crippen LogP contribution is 2.70. The second-order valence-corrected chi connectivity index (χ2v) is 17.5. The van der Waals surface area contributed by atoms with E-state index in [4.69, 9.17) is 14.2 Å². The number of rotatable bonds is 14. The molecule has 1 aromatic carbocycles. The molecule has 5 fully saturated rings. The van der Waals surface area contributed by atoms with Gasteiger partial charge in [-0.1, -0.05) is 65.7 Å². The highest BCUT2D eigenvalue weighted by molar-refractivity contribution is 9.09. The SMILES string of the molecule is C[C@]12C=CC(=O)C=C1CC[C@@H]1[C@@H]2[C@@H](O)C[C@@]2(C)[C@H]1C[C@H]1O[C@@H](c3ccc(CC4(NC(=O)[C@H](CCC(=O)O)NC(=O)CNC(=O)CBr)COC4)cc3)O[C@]12C(=O)CO. The van der Waals surface area contributed by atoms with Crippen LogP contribution in [0, 0.1) is 28.6 Å². The van der Waals surface area contributed by atoms with Crippen LogP contribution in [0.1, 0.15) is 69.8 Å². The molecule has 16 heteroatoms. The number of nitrogens with one attached hydrogen (secondary N) is 3. The van der Waals surface area contributed by atoms with E-state index in [0.29, 0.717) is 24.8 Å². The zero-order valence-electron chi connectivity index (χ0n) is 32.0. The third-order valence-corrected chi connectivity index (χ3v) is 14.1. The van der Waals surface area contributed by atoms with E-state index in [1.54, 1.807) is 12.2 Å². The van der Waals surface area contributed by atoms with Gasteiger partial charge in [-0.25, -0.2) is 0 Å². The number of ketones is 2. The zero-order valence-corrected chi connectivity index (χ0v) is 33.5. The average molecular weight is 857 g/mol.